The molecular formula is C18H25FN2O3S. The summed E-state index contributed by atoms with van der Waals surface area (Å²) in [5.74, 6) is -0.167. The average Bonchev–Trinajstić information content (AvgIpc) is 3.20. The molecule has 2 fully saturated rings. The van der Waals surface area contributed by atoms with Gasteiger partial charge in [-0.2, -0.15) is 0 Å². The molecule has 0 saturated carbocycles. The molecule has 138 valence electrons. The van der Waals surface area contributed by atoms with Crippen molar-refractivity contribution >= 4 is 17.2 Å². The maximum Gasteiger partial charge on any atom is 0.264 e. The Hall–Kier alpha value is -1.02. The van der Waals surface area contributed by atoms with Gasteiger partial charge in [0.15, 0.2) is 0 Å². The number of thiophene rings is 1. The van der Waals surface area contributed by atoms with E-state index in [2.05, 4.69) is 11.8 Å². The summed E-state index contributed by atoms with van der Waals surface area (Å²) in [5.41, 5.74) is 0.904. The standard InChI is InChI=1S/C18H25FN2O3S/c1-2-20-6-4-18(5-7-20)12-9-16(25-15(12)3-8-24-18)17(23)21-10-13(19)14(22)11-21/h9,13-14,22H,2-8,10-11H2,1H3/t13-,14-/m1/s1. The minimum Gasteiger partial charge on any atom is -0.388 e. The van der Waals surface area contributed by atoms with Crippen LogP contribution in [-0.2, 0) is 16.8 Å². The summed E-state index contributed by atoms with van der Waals surface area (Å²) in [6, 6.07) is 1.97. The number of amides is 1. The lowest BCUT2D eigenvalue weighted by Crippen LogP contribution is -2.46. The van der Waals surface area contributed by atoms with E-state index < -0.39 is 12.3 Å². The fourth-order valence-corrected chi connectivity index (χ4v) is 5.43. The third-order valence-corrected chi connectivity index (χ3v) is 7.02. The van der Waals surface area contributed by atoms with Gasteiger partial charge in [-0.25, -0.2) is 4.39 Å². The van der Waals surface area contributed by atoms with Crippen LogP contribution in [0.25, 0.3) is 0 Å². The molecule has 25 heavy (non-hydrogen) atoms. The van der Waals surface area contributed by atoms with Crippen LogP contribution in [0, 0.1) is 0 Å². The predicted octanol–water partition coefficient (Wildman–Crippen LogP) is 1.79. The molecule has 1 amide bonds. The normalized spacial score (nSPS) is 29.2. The Balaban J connectivity index is 1.57. The van der Waals surface area contributed by atoms with Gasteiger partial charge < -0.3 is 19.6 Å². The molecule has 0 unspecified atom stereocenters. The van der Waals surface area contributed by atoms with E-state index in [1.165, 1.54) is 26.7 Å². The average molecular weight is 368 g/mol. The largest absolute Gasteiger partial charge is 0.388 e. The van der Waals surface area contributed by atoms with Crippen LogP contribution in [0.2, 0.25) is 0 Å². The molecule has 0 bridgehead atoms. The van der Waals surface area contributed by atoms with Gasteiger partial charge in [-0.1, -0.05) is 6.92 Å². The van der Waals surface area contributed by atoms with Crippen molar-refractivity contribution in [1.82, 2.24) is 9.80 Å². The van der Waals surface area contributed by atoms with Gasteiger partial charge in [0.05, 0.1) is 23.6 Å². The number of nitrogens with zero attached hydrogens (tertiary/aromatic N) is 2. The summed E-state index contributed by atoms with van der Waals surface area (Å²) in [7, 11) is 0. The quantitative estimate of drug-likeness (QED) is 0.865. The maximum absolute atomic E-state index is 13.6. The number of alkyl halides is 1. The number of carbonyl (C=O) groups excluding carboxylic acids is 1. The smallest absolute Gasteiger partial charge is 0.264 e. The highest BCUT2D eigenvalue weighted by atomic mass is 32.1. The lowest BCUT2D eigenvalue weighted by molar-refractivity contribution is -0.0964. The van der Waals surface area contributed by atoms with Crippen LogP contribution >= 0.6 is 11.3 Å². The second kappa shape index (κ2) is 6.61. The first-order valence-corrected chi connectivity index (χ1v) is 9.95. The molecule has 4 rings (SSSR count). The fraction of sp³-hybridized carbons (Fsp3) is 0.722. The first-order valence-electron chi connectivity index (χ1n) is 9.13. The van der Waals surface area contributed by atoms with Crippen LogP contribution in [0.15, 0.2) is 6.07 Å². The molecule has 1 N–H and O–H groups in total. The lowest BCUT2D eigenvalue weighted by Gasteiger charge is -2.43. The van der Waals surface area contributed by atoms with Crippen molar-refractivity contribution in [3.05, 3.63) is 21.4 Å². The zero-order valence-corrected chi connectivity index (χ0v) is 15.4. The number of ether oxygens (including phenoxy) is 1. The zero-order chi connectivity index (χ0) is 17.6. The summed E-state index contributed by atoms with van der Waals surface area (Å²) in [4.78, 5) is 18.5. The third kappa shape index (κ3) is 3.01. The molecule has 7 heteroatoms. The number of aliphatic hydroxyl groups is 1. The van der Waals surface area contributed by atoms with Crippen molar-refractivity contribution in [3.63, 3.8) is 0 Å². The number of hydrogen-bond acceptors (Lipinski definition) is 5. The molecule has 0 aliphatic carbocycles. The Morgan fingerprint density at radius 3 is 2.84 bits per heavy atom. The molecule has 5 nitrogen and oxygen atoms in total. The van der Waals surface area contributed by atoms with Gasteiger partial charge in [-0.15, -0.1) is 11.3 Å². The molecule has 2 atom stereocenters. The van der Waals surface area contributed by atoms with Gasteiger partial charge in [0, 0.05) is 30.9 Å². The number of carbonyl (C=O) groups is 1. The number of fused-ring (bicyclic) bond motifs is 2. The van der Waals surface area contributed by atoms with Crippen molar-refractivity contribution in [2.45, 2.75) is 44.1 Å². The van der Waals surface area contributed by atoms with Gasteiger partial charge in [0.25, 0.3) is 5.91 Å². The molecule has 2 saturated heterocycles. The number of hydrogen-bond donors (Lipinski definition) is 1. The minimum atomic E-state index is -1.34. The van der Waals surface area contributed by atoms with Crippen molar-refractivity contribution in [3.8, 4) is 0 Å². The van der Waals surface area contributed by atoms with E-state index >= 15 is 0 Å². The van der Waals surface area contributed by atoms with Gasteiger partial charge in [0.2, 0.25) is 0 Å². The molecule has 4 heterocycles. The van der Waals surface area contributed by atoms with E-state index in [0.29, 0.717) is 11.5 Å². The second-order valence-electron chi connectivity index (χ2n) is 7.27. The summed E-state index contributed by atoms with van der Waals surface area (Å²) < 4.78 is 19.8. The van der Waals surface area contributed by atoms with E-state index in [1.54, 1.807) is 0 Å². The highest BCUT2D eigenvalue weighted by Gasteiger charge is 2.43. The van der Waals surface area contributed by atoms with Crippen molar-refractivity contribution < 1.29 is 19.0 Å². The first kappa shape index (κ1) is 17.4. The highest BCUT2D eigenvalue weighted by molar-refractivity contribution is 7.14. The summed E-state index contributed by atoms with van der Waals surface area (Å²) in [5, 5.41) is 9.58. The van der Waals surface area contributed by atoms with E-state index in [-0.39, 0.29) is 24.6 Å². The van der Waals surface area contributed by atoms with Crippen molar-refractivity contribution in [2.75, 3.05) is 39.3 Å². The fourth-order valence-electron chi connectivity index (χ4n) is 4.24. The van der Waals surface area contributed by atoms with Crippen LogP contribution < -0.4 is 0 Å². The molecule has 1 aromatic rings. The van der Waals surface area contributed by atoms with Crippen LogP contribution in [0.1, 0.15) is 39.9 Å². The van der Waals surface area contributed by atoms with E-state index in [4.69, 9.17) is 4.74 Å². The van der Waals surface area contributed by atoms with Crippen LogP contribution in [-0.4, -0.2) is 72.4 Å². The van der Waals surface area contributed by atoms with Gasteiger partial charge in [0.1, 0.15) is 12.3 Å². The molecule has 0 radical (unpaired) electrons. The van der Waals surface area contributed by atoms with Gasteiger partial charge in [-0.05, 0) is 31.0 Å². The molecule has 3 aliphatic heterocycles. The number of aliphatic hydroxyl groups excluding tert-OH is 1. The molecule has 1 aromatic heterocycles. The van der Waals surface area contributed by atoms with Crippen LogP contribution in [0.3, 0.4) is 0 Å². The topological polar surface area (TPSA) is 53.0 Å². The number of likely N-dealkylation sites (tertiary alicyclic amines) is 2. The summed E-state index contributed by atoms with van der Waals surface area (Å²) in [6.07, 6.45) is 0.333. The Bertz CT molecular complexity index is 647. The molecule has 0 aromatic carbocycles. The van der Waals surface area contributed by atoms with E-state index in [9.17, 15) is 14.3 Å². The molecule has 3 aliphatic rings. The zero-order valence-electron chi connectivity index (χ0n) is 14.5. The Morgan fingerprint density at radius 2 is 2.20 bits per heavy atom. The summed E-state index contributed by atoms with van der Waals surface area (Å²) >= 11 is 1.52. The van der Waals surface area contributed by atoms with E-state index in [1.807, 2.05) is 6.07 Å². The van der Waals surface area contributed by atoms with Crippen LogP contribution in [0.4, 0.5) is 4.39 Å². The number of halogens is 1. The lowest BCUT2D eigenvalue weighted by atomic mass is 9.82. The summed E-state index contributed by atoms with van der Waals surface area (Å²) in [6.45, 7) is 6.01. The monoisotopic (exact) mass is 368 g/mol. The predicted molar refractivity (Wildman–Crippen MR) is 93.8 cm³/mol. The van der Waals surface area contributed by atoms with Gasteiger partial charge in [-0.3, -0.25) is 4.79 Å². The third-order valence-electron chi connectivity index (χ3n) is 5.84. The number of rotatable bonds is 2. The molecular weight excluding hydrogens is 343 g/mol. The highest BCUT2D eigenvalue weighted by Crippen LogP contribution is 2.44. The van der Waals surface area contributed by atoms with Crippen molar-refractivity contribution in [1.29, 1.82) is 0 Å². The Kier molecular flexibility index (Phi) is 4.60. The minimum absolute atomic E-state index is 0.0182. The van der Waals surface area contributed by atoms with Gasteiger partial charge >= 0.3 is 0 Å². The maximum atomic E-state index is 13.6. The Morgan fingerprint density at radius 1 is 1.44 bits per heavy atom. The number of piperidine rings is 1. The van der Waals surface area contributed by atoms with Crippen molar-refractivity contribution in [2.24, 2.45) is 0 Å². The first-order chi connectivity index (χ1) is 12.0. The molecule has 1 spiro atoms. The van der Waals surface area contributed by atoms with E-state index in [0.717, 1.165) is 38.9 Å². The number of β-amino-alcohol motifs (C(OH)–C–C–N with tert-alkyl or cyclic N) is 1. The van der Waals surface area contributed by atoms with Crippen LogP contribution in [0.5, 0.6) is 0 Å². The SMILES string of the molecule is CCN1CCC2(CC1)OCCc1sc(C(=O)N3C[C@@H](O)[C@H](F)C3)cc12. The Labute approximate surface area is 151 Å². The second-order valence-corrected chi connectivity index (χ2v) is 8.40.